The van der Waals surface area contributed by atoms with Crippen molar-refractivity contribution in [1.29, 1.82) is 0 Å². The molecule has 1 N–H and O–H groups in total. The molecule has 1 heterocycles. The third-order valence-electron chi connectivity index (χ3n) is 5.18. The number of rotatable bonds is 9. The zero-order valence-corrected chi connectivity index (χ0v) is 20.3. The van der Waals surface area contributed by atoms with Crippen LogP contribution in [0, 0.1) is 0 Å². The fourth-order valence-corrected chi connectivity index (χ4v) is 3.46. The number of para-hydroxylation sites is 2. The van der Waals surface area contributed by atoms with Gasteiger partial charge >= 0.3 is 6.18 Å². The average Bonchev–Trinajstić information content (AvgIpc) is 2.90. The lowest BCUT2D eigenvalue weighted by Crippen LogP contribution is -2.20. The quantitative estimate of drug-likeness (QED) is 0.283. The van der Waals surface area contributed by atoms with Crippen molar-refractivity contribution in [1.82, 2.24) is 0 Å². The number of ether oxygens (including phenoxy) is 4. The summed E-state index contributed by atoms with van der Waals surface area (Å²) in [5.41, 5.74) is -0.924. The molecule has 0 aliphatic heterocycles. The fourth-order valence-electron chi connectivity index (χ4n) is 3.46. The Morgan fingerprint density at radius 2 is 1.63 bits per heavy atom. The number of hydrogen-bond donors (Lipinski definition) is 1. The van der Waals surface area contributed by atoms with Gasteiger partial charge in [-0.25, -0.2) is 0 Å². The zero-order chi connectivity index (χ0) is 27.3. The monoisotopic (exact) mass is 529 g/mol. The van der Waals surface area contributed by atoms with Crippen molar-refractivity contribution in [3.05, 3.63) is 82.7 Å². The molecule has 0 atom stereocenters. The van der Waals surface area contributed by atoms with E-state index in [1.807, 2.05) is 0 Å². The number of methoxy groups -OCH3 is 1. The Morgan fingerprint density at radius 1 is 0.947 bits per heavy atom. The van der Waals surface area contributed by atoms with Crippen LogP contribution in [0.5, 0.6) is 28.7 Å². The molecule has 0 unspecified atom stereocenters. The van der Waals surface area contributed by atoms with E-state index in [9.17, 15) is 22.8 Å². The first-order valence-corrected chi connectivity index (χ1v) is 11.3. The van der Waals surface area contributed by atoms with Crippen molar-refractivity contribution in [2.75, 3.05) is 25.6 Å². The summed E-state index contributed by atoms with van der Waals surface area (Å²) in [6, 6.07) is 16.3. The molecule has 0 aliphatic carbocycles. The number of fused-ring (bicyclic) bond motifs is 1. The first-order valence-electron chi connectivity index (χ1n) is 11.3. The second-order valence-electron chi connectivity index (χ2n) is 7.79. The molecule has 0 aliphatic rings. The summed E-state index contributed by atoms with van der Waals surface area (Å²) < 4.78 is 68.0. The largest absolute Gasteiger partial charge is 0.497 e. The number of carbonyl (C=O) groups excluding carboxylic acids is 1. The Labute approximate surface area is 214 Å². The van der Waals surface area contributed by atoms with Gasteiger partial charge in [0.2, 0.25) is 11.2 Å². The number of hydrogen-bond acceptors (Lipinski definition) is 7. The molecule has 4 aromatic rings. The minimum Gasteiger partial charge on any atom is -0.497 e. The van der Waals surface area contributed by atoms with Crippen LogP contribution in [0.3, 0.4) is 0 Å². The van der Waals surface area contributed by atoms with Crippen LogP contribution in [-0.4, -0.2) is 26.2 Å². The molecule has 0 saturated heterocycles. The minimum absolute atomic E-state index is 0.0222. The minimum atomic E-state index is -5.04. The van der Waals surface area contributed by atoms with Gasteiger partial charge in [-0.1, -0.05) is 12.1 Å². The van der Waals surface area contributed by atoms with Gasteiger partial charge in [0.15, 0.2) is 18.1 Å². The van der Waals surface area contributed by atoms with Crippen LogP contribution in [0.1, 0.15) is 12.7 Å². The first kappa shape index (κ1) is 26.4. The van der Waals surface area contributed by atoms with Crippen LogP contribution < -0.4 is 29.7 Å². The number of amides is 1. The molecule has 1 aromatic heterocycles. The molecule has 198 valence electrons. The normalized spacial score (nSPS) is 11.2. The molecule has 8 nitrogen and oxygen atoms in total. The van der Waals surface area contributed by atoms with Gasteiger partial charge in [-0.05, 0) is 55.5 Å². The highest BCUT2D eigenvalue weighted by Gasteiger charge is 2.40. The van der Waals surface area contributed by atoms with Gasteiger partial charge in [0, 0.05) is 11.8 Å². The lowest BCUT2D eigenvalue weighted by Gasteiger charge is -2.15. The van der Waals surface area contributed by atoms with Crippen LogP contribution in [0.2, 0.25) is 0 Å². The summed E-state index contributed by atoms with van der Waals surface area (Å²) in [5.74, 6) is -2.42. The molecular formula is C27H22F3NO7. The van der Waals surface area contributed by atoms with Crippen molar-refractivity contribution < 1.29 is 41.3 Å². The second-order valence-corrected chi connectivity index (χ2v) is 7.79. The highest BCUT2D eigenvalue weighted by atomic mass is 19.4. The first-order chi connectivity index (χ1) is 18.2. The highest BCUT2D eigenvalue weighted by molar-refractivity contribution is 5.92. The van der Waals surface area contributed by atoms with E-state index in [1.165, 1.54) is 37.4 Å². The number of anilines is 1. The average molecular weight is 529 g/mol. The number of alkyl halides is 3. The number of nitrogens with one attached hydrogen (secondary N) is 1. The topological polar surface area (TPSA) is 96.2 Å². The molecule has 0 fully saturated rings. The highest BCUT2D eigenvalue weighted by Crippen LogP contribution is 2.40. The molecular weight excluding hydrogens is 507 g/mol. The molecule has 38 heavy (non-hydrogen) atoms. The summed E-state index contributed by atoms with van der Waals surface area (Å²) in [5, 5.41) is 2.44. The lowest BCUT2D eigenvalue weighted by atomic mass is 10.2. The number of benzene rings is 3. The Morgan fingerprint density at radius 3 is 2.29 bits per heavy atom. The van der Waals surface area contributed by atoms with Gasteiger partial charge in [-0.3, -0.25) is 9.59 Å². The lowest BCUT2D eigenvalue weighted by molar-refractivity contribution is -0.154. The van der Waals surface area contributed by atoms with E-state index >= 15 is 0 Å². The Bertz CT molecular complexity index is 1500. The van der Waals surface area contributed by atoms with E-state index in [0.717, 1.165) is 6.07 Å². The smallest absolute Gasteiger partial charge is 0.453 e. The second kappa shape index (κ2) is 11.2. The van der Waals surface area contributed by atoms with E-state index in [2.05, 4.69) is 5.32 Å². The van der Waals surface area contributed by atoms with Gasteiger partial charge in [0.1, 0.15) is 17.1 Å². The van der Waals surface area contributed by atoms with Crippen LogP contribution in [-0.2, 0) is 11.0 Å². The predicted molar refractivity (Wildman–Crippen MR) is 132 cm³/mol. The third kappa shape index (κ3) is 6.00. The van der Waals surface area contributed by atoms with E-state index < -0.39 is 35.6 Å². The molecule has 0 radical (unpaired) electrons. The molecule has 0 bridgehead atoms. The number of halogens is 3. The van der Waals surface area contributed by atoms with Gasteiger partial charge in [-0.2, -0.15) is 13.2 Å². The van der Waals surface area contributed by atoms with Crippen molar-refractivity contribution in [3.8, 4) is 28.7 Å². The van der Waals surface area contributed by atoms with E-state index in [0.29, 0.717) is 11.4 Å². The van der Waals surface area contributed by atoms with Gasteiger partial charge in [0.25, 0.3) is 11.7 Å². The summed E-state index contributed by atoms with van der Waals surface area (Å²) >= 11 is 0. The van der Waals surface area contributed by atoms with Crippen LogP contribution in [0.15, 0.2) is 75.9 Å². The molecule has 1 amide bonds. The maximum atomic E-state index is 13.9. The van der Waals surface area contributed by atoms with E-state index in [-0.39, 0.29) is 34.8 Å². The van der Waals surface area contributed by atoms with Crippen LogP contribution >= 0.6 is 0 Å². The molecule has 4 rings (SSSR count). The number of carbonyl (C=O) groups is 1. The van der Waals surface area contributed by atoms with E-state index in [1.54, 1.807) is 37.3 Å². The van der Waals surface area contributed by atoms with Crippen molar-refractivity contribution in [3.63, 3.8) is 0 Å². The zero-order valence-electron chi connectivity index (χ0n) is 20.3. The van der Waals surface area contributed by atoms with Crippen molar-refractivity contribution in [2.45, 2.75) is 13.1 Å². The maximum Gasteiger partial charge on any atom is 0.453 e. The molecule has 0 saturated carbocycles. The van der Waals surface area contributed by atoms with Gasteiger partial charge in [0.05, 0.1) is 19.1 Å². The molecule has 0 spiro atoms. The third-order valence-corrected chi connectivity index (χ3v) is 5.18. The molecule has 11 heteroatoms. The van der Waals surface area contributed by atoms with Gasteiger partial charge in [-0.15, -0.1) is 0 Å². The Kier molecular flexibility index (Phi) is 7.75. The summed E-state index contributed by atoms with van der Waals surface area (Å²) in [6.07, 6.45) is -5.04. The standard InChI is InChI=1S/C27H22F3NO7/c1-3-35-20-6-4-5-7-21(20)37-25-24(33)19-13-12-18(14-22(19)38-26(25)27(28,29)30)36-15-23(32)31-16-8-10-17(34-2)11-9-16/h4-14H,3,15H2,1-2H3,(H,31,32). The Balaban J connectivity index is 1.59. The molecule has 3 aromatic carbocycles. The maximum absolute atomic E-state index is 13.9. The van der Waals surface area contributed by atoms with Crippen LogP contribution in [0.25, 0.3) is 11.0 Å². The van der Waals surface area contributed by atoms with Crippen molar-refractivity contribution in [2.24, 2.45) is 0 Å². The fraction of sp³-hybridized carbons (Fsp3) is 0.185. The SMILES string of the molecule is CCOc1ccccc1Oc1c(C(F)(F)F)oc2cc(OCC(=O)Nc3ccc(OC)cc3)ccc2c1=O. The Hall–Kier alpha value is -4.67. The predicted octanol–water partition coefficient (Wildman–Crippen LogP) is 6.03. The summed E-state index contributed by atoms with van der Waals surface area (Å²) in [4.78, 5) is 25.3. The van der Waals surface area contributed by atoms with E-state index in [4.69, 9.17) is 23.4 Å². The van der Waals surface area contributed by atoms with Crippen molar-refractivity contribution >= 4 is 22.6 Å². The summed E-state index contributed by atoms with van der Waals surface area (Å²) in [7, 11) is 1.51. The summed E-state index contributed by atoms with van der Waals surface area (Å²) in [6.45, 7) is 1.49. The van der Waals surface area contributed by atoms with Gasteiger partial charge < -0.3 is 28.7 Å². The van der Waals surface area contributed by atoms with Crippen LogP contribution in [0.4, 0.5) is 18.9 Å².